The summed E-state index contributed by atoms with van der Waals surface area (Å²) in [7, 11) is 3.17. The highest BCUT2D eigenvalue weighted by molar-refractivity contribution is 5.81. The van der Waals surface area contributed by atoms with Crippen molar-refractivity contribution >= 4 is 12.1 Å². The Balaban J connectivity index is 1.31. The number of rotatable bonds is 9. The molecule has 1 amide bonds. The van der Waals surface area contributed by atoms with Crippen LogP contribution in [0.1, 0.15) is 22.7 Å². The van der Waals surface area contributed by atoms with Crippen LogP contribution in [0.15, 0.2) is 84.0 Å². The predicted octanol–water partition coefficient (Wildman–Crippen LogP) is 3.99. The van der Waals surface area contributed by atoms with Crippen molar-refractivity contribution in [2.45, 2.75) is 6.04 Å². The van der Waals surface area contributed by atoms with E-state index in [1.54, 1.807) is 32.6 Å². The van der Waals surface area contributed by atoms with Gasteiger partial charge >= 0.3 is 0 Å². The first kappa shape index (κ1) is 24.3. The van der Waals surface area contributed by atoms with E-state index < -0.39 is 0 Å². The van der Waals surface area contributed by atoms with Crippen LogP contribution < -0.4 is 9.47 Å². The van der Waals surface area contributed by atoms with E-state index in [9.17, 15) is 4.79 Å². The van der Waals surface area contributed by atoms with Gasteiger partial charge in [-0.1, -0.05) is 65.8 Å². The summed E-state index contributed by atoms with van der Waals surface area (Å²) in [4.78, 5) is 22.2. The number of amides is 1. The maximum atomic E-state index is 12.7. The Bertz CT molecular complexity index is 1070. The largest absolute Gasteiger partial charge is 0.493 e. The average Bonchev–Trinajstić information content (AvgIpc) is 2.92. The minimum Gasteiger partial charge on any atom is -0.493 e. The molecular formula is C28H31N3O4. The van der Waals surface area contributed by atoms with Gasteiger partial charge in [-0.15, -0.1) is 0 Å². The lowest BCUT2D eigenvalue weighted by Crippen LogP contribution is -2.50. The number of hydrogen-bond acceptors (Lipinski definition) is 6. The molecule has 0 N–H and O–H groups in total. The van der Waals surface area contributed by atoms with Gasteiger partial charge in [0.05, 0.1) is 26.5 Å². The van der Waals surface area contributed by atoms with E-state index >= 15 is 0 Å². The summed E-state index contributed by atoms with van der Waals surface area (Å²) in [5, 5.41) is 3.95. The Hall–Kier alpha value is -3.84. The second kappa shape index (κ2) is 12.0. The molecular weight excluding hydrogens is 442 g/mol. The summed E-state index contributed by atoms with van der Waals surface area (Å²) in [5.74, 6) is 1.18. The summed E-state index contributed by atoms with van der Waals surface area (Å²) >= 11 is 0. The normalized spacial score (nSPS) is 14.3. The third-order valence-electron chi connectivity index (χ3n) is 6.13. The fourth-order valence-corrected chi connectivity index (χ4v) is 4.33. The van der Waals surface area contributed by atoms with Crippen LogP contribution in [-0.2, 0) is 9.63 Å². The number of carbonyl (C=O) groups is 1. The number of hydrogen-bond donors (Lipinski definition) is 0. The van der Waals surface area contributed by atoms with E-state index in [-0.39, 0.29) is 18.6 Å². The van der Waals surface area contributed by atoms with Crippen LogP contribution in [0.25, 0.3) is 0 Å². The first-order valence-electron chi connectivity index (χ1n) is 11.7. The van der Waals surface area contributed by atoms with E-state index in [4.69, 9.17) is 14.3 Å². The van der Waals surface area contributed by atoms with Gasteiger partial charge in [-0.25, -0.2) is 0 Å². The number of nitrogens with zero attached hydrogens (tertiary/aromatic N) is 3. The minimum atomic E-state index is -0.0927. The minimum absolute atomic E-state index is 0.0647. The van der Waals surface area contributed by atoms with Crippen LogP contribution >= 0.6 is 0 Å². The molecule has 182 valence electrons. The fraction of sp³-hybridized carbons (Fsp3) is 0.286. The SMILES string of the molecule is COc1ccc(/C=N\OCC(=O)N2CCN(C(c3ccccc3)c3ccccc3)CC2)cc1OC. The van der Waals surface area contributed by atoms with E-state index in [1.807, 2.05) is 23.1 Å². The van der Waals surface area contributed by atoms with Crippen LogP contribution in [0.2, 0.25) is 0 Å². The smallest absolute Gasteiger partial charge is 0.263 e. The first-order valence-corrected chi connectivity index (χ1v) is 11.7. The summed E-state index contributed by atoms with van der Waals surface area (Å²) < 4.78 is 10.5. The van der Waals surface area contributed by atoms with Gasteiger partial charge in [-0.2, -0.15) is 0 Å². The average molecular weight is 474 g/mol. The zero-order valence-corrected chi connectivity index (χ0v) is 20.2. The fourth-order valence-electron chi connectivity index (χ4n) is 4.33. The van der Waals surface area contributed by atoms with E-state index in [0.29, 0.717) is 24.6 Å². The Kier molecular flexibility index (Phi) is 8.35. The second-order valence-electron chi connectivity index (χ2n) is 8.26. The lowest BCUT2D eigenvalue weighted by atomic mass is 9.96. The van der Waals surface area contributed by atoms with Crippen molar-refractivity contribution in [3.05, 3.63) is 95.6 Å². The summed E-state index contributed by atoms with van der Waals surface area (Å²) in [6.45, 7) is 2.78. The molecule has 4 rings (SSSR count). The molecule has 3 aromatic carbocycles. The van der Waals surface area contributed by atoms with Gasteiger partial charge in [-0.3, -0.25) is 9.69 Å². The Morgan fingerprint density at radius 2 is 1.46 bits per heavy atom. The molecule has 0 spiro atoms. The maximum absolute atomic E-state index is 12.7. The molecule has 0 saturated carbocycles. The molecule has 0 aliphatic carbocycles. The van der Waals surface area contributed by atoms with Gasteiger partial charge in [0.2, 0.25) is 0 Å². The molecule has 0 unspecified atom stereocenters. The van der Waals surface area contributed by atoms with Gasteiger partial charge in [0, 0.05) is 31.7 Å². The summed E-state index contributed by atoms with van der Waals surface area (Å²) in [5.41, 5.74) is 3.30. The van der Waals surface area contributed by atoms with Crippen molar-refractivity contribution in [1.29, 1.82) is 0 Å². The van der Waals surface area contributed by atoms with Crippen molar-refractivity contribution in [2.75, 3.05) is 47.0 Å². The second-order valence-corrected chi connectivity index (χ2v) is 8.26. The predicted molar refractivity (Wildman–Crippen MR) is 136 cm³/mol. The molecule has 0 aromatic heterocycles. The van der Waals surface area contributed by atoms with E-state index in [2.05, 4.69) is 58.6 Å². The van der Waals surface area contributed by atoms with Crippen LogP contribution in [0.5, 0.6) is 11.5 Å². The summed E-state index contributed by atoms with van der Waals surface area (Å²) in [6.07, 6.45) is 1.55. The Morgan fingerprint density at radius 1 is 0.857 bits per heavy atom. The Morgan fingerprint density at radius 3 is 2.03 bits per heavy atom. The van der Waals surface area contributed by atoms with Crippen LogP contribution in [0, 0.1) is 0 Å². The van der Waals surface area contributed by atoms with Crippen molar-refractivity contribution in [1.82, 2.24) is 9.80 Å². The lowest BCUT2D eigenvalue weighted by molar-refractivity contribution is -0.138. The molecule has 1 saturated heterocycles. The monoisotopic (exact) mass is 473 g/mol. The van der Waals surface area contributed by atoms with Gasteiger partial charge in [0.15, 0.2) is 18.1 Å². The zero-order chi connectivity index (χ0) is 24.5. The maximum Gasteiger partial charge on any atom is 0.263 e. The lowest BCUT2D eigenvalue weighted by Gasteiger charge is -2.39. The number of methoxy groups -OCH3 is 2. The number of carbonyl (C=O) groups excluding carboxylic acids is 1. The van der Waals surface area contributed by atoms with E-state index in [1.165, 1.54) is 11.1 Å². The topological polar surface area (TPSA) is 63.6 Å². The molecule has 3 aromatic rings. The van der Waals surface area contributed by atoms with Crippen molar-refractivity contribution in [3.63, 3.8) is 0 Å². The third kappa shape index (κ3) is 6.19. The number of ether oxygens (including phenoxy) is 2. The molecule has 1 aliphatic heterocycles. The van der Waals surface area contributed by atoms with Gasteiger partial charge in [-0.05, 0) is 29.3 Å². The standard InChI is InChI=1S/C28H31N3O4/c1-33-25-14-13-22(19-26(25)34-2)20-29-35-21-27(32)30-15-17-31(18-16-30)28(23-9-5-3-6-10-23)24-11-7-4-8-12-24/h3-14,19-20,28H,15-18,21H2,1-2H3/b29-20-. The zero-order valence-electron chi connectivity index (χ0n) is 20.2. The molecule has 0 radical (unpaired) electrons. The molecule has 0 bridgehead atoms. The van der Waals surface area contributed by atoms with Crippen molar-refractivity contribution in [3.8, 4) is 11.5 Å². The highest BCUT2D eigenvalue weighted by Gasteiger charge is 2.28. The first-order chi connectivity index (χ1) is 17.2. The molecule has 1 heterocycles. The Labute approximate surface area is 206 Å². The van der Waals surface area contributed by atoms with E-state index in [0.717, 1.165) is 18.7 Å². The van der Waals surface area contributed by atoms with Gasteiger partial charge in [0.1, 0.15) is 0 Å². The number of oxime groups is 1. The molecule has 35 heavy (non-hydrogen) atoms. The van der Waals surface area contributed by atoms with Crippen LogP contribution in [0.3, 0.4) is 0 Å². The van der Waals surface area contributed by atoms with Crippen LogP contribution in [-0.4, -0.2) is 68.9 Å². The quantitative estimate of drug-likeness (QED) is 0.347. The van der Waals surface area contributed by atoms with Crippen molar-refractivity contribution in [2.24, 2.45) is 5.16 Å². The van der Waals surface area contributed by atoms with Crippen molar-refractivity contribution < 1.29 is 19.1 Å². The number of benzene rings is 3. The van der Waals surface area contributed by atoms with Gasteiger partial charge < -0.3 is 19.2 Å². The van der Waals surface area contributed by atoms with Crippen LogP contribution in [0.4, 0.5) is 0 Å². The molecule has 7 nitrogen and oxygen atoms in total. The third-order valence-corrected chi connectivity index (χ3v) is 6.13. The molecule has 7 heteroatoms. The molecule has 1 fully saturated rings. The highest BCUT2D eigenvalue weighted by atomic mass is 16.6. The highest BCUT2D eigenvalue weighted by Crippen LogP contribution is 2.29. The number of piperazine rings is 1. The molecule has 0 atom stereocenters. The molecule has 1 aliphatic rings. The summed E-state index contributed by atoms with van der Waals surface area (Å²) in [6, 6.07) is 26.6. The van der Waals surface area contributed by atoms with Gasteiger partial charge in [0.25, 0.3) is 5.91 Å².